The van der Waals surface area contributed by atoms with Crippen molar-refractivity contribution in [3.8, 4) is 17.0 Å². The van der Waals surface area contributed by atoms with E-state index in [-0.39, 0.29) is 0 Å². The zero-order chi connectivity index (χ0) is 23.1. The molecule has 0 saturated carbocycles. The van der Waals surface area contributed by atoms with Crippen LogP contribution in [-0.4, -0.2) is 17.1 Å². The Morgan fingerprint density at radius 1 is 0.875 bits per heavy atom. The molecule has 0 aliphatic heterocycles. The molecule has 0 radical (unpaired) electrons. The summed E-state index contributed by atoms with van der Waals surface area (Å²) in [6, 6.07) is 4.56. The van der Waals surface area contributed by atoms with Gasteiger partial charge in [0.2, 0.25) is 0 Å². The van der Waals surface area contributed by atoms with Gasteiger partial charge in [-0.1, -0.05) is 53.4 Å². The number of ether oxygens (including phenoxy) is 1. The molecule has 32 heavy (non-hydrogen) atoms. The summed E-state index contributed by atoms with van der Waals surface area (Å²) in [7, 11) is 1.77. The van der Waals surface area contributed by atoms with Gasteiger partial charge in [0, 0.05) is 17.4 Å². The van der Waals surface area contributed by atoms with Crippen molar-refractivity contribution in [2.24, 2.45) is 0 Å². The Bertz CT molecular complexity index is 893. The van der Waals surface area contributed by atoms with E-state index in [0.717, 1.165) is 66.9 Å². The van der Waals surface area contributed by atoms with Gasteiger partial charge in [-0.15, -0.1) is 0 Å². The highest BCUT2D eigenvalue weighted by atomic mass is 16.5. The first kappa shape index (κ1) is 24.5. The van der Waals surface area contributed by atoms with Gasteiger partial charge in [0.1, 0.15) is 11.6 Å². The van der Waals surface area contributed by atoms with Crippen LogP contribution in [0, 0.1) is 0 Å². The third-order valence-corrected chi connectivity index (χ3v) is 7.22. The number of nitrogen functional groups attached to an aromatic ring is 1. The molecule has 0 amide bonds. The molecule has 1 heterocycles. The van der Waals surface area contributed by atoms with Crippen molar-refractivity contribution in [2.45, 2.75) is 110 Å². The van der Waals surface area contributed by atoms with Gasteiger partial charge in [0.05, 0.1) is 24.2 Å². The standard InChI is InChI=1S/C28H43N3O/c1-6-10-13-19(8-3)25-27(23-17-21-15-12-16-22(21)18-24(23)32-5)30-26(28(29)31-25)20(9-4)14-11-7-2/h17-20H,6-16H2,1-5H3,(H2,29,31). The molecule has 176 valence electrons. The van der Waals surface area contributed by atoms with E-state index in [1.165, 1.54) is 43.2 Å². The molecule has 1 aromatic heterocycles. The number of anilines is 1. The normalized spacial score (nSPS) is 14.9. The SMILES string of the molecule is CCCCC(CC)c1nc(-c2cc3c(cc2OC)CCC3)c(C(CC)CCCC)nc1N. The molecule has 1 aliphatic rings. The second-order valence-corrected chi connectivity index (χ2v) is 9.40. The Labute approximate surface area is 195 Å². The zero-order valence-corrected chi connectivity index (χ0v) is 21.0. The molecule has 2 atom stereocenters. The molecule has 4 heteroatoms. The summed E-state index contributed by atoms with van der Waals surface area (Å²) in [5, 5.41) is 0. The minimum absolute atomic E-state index is 0.353. The first-order valence-corrected chi connectivity index (χ1v) is 12.9. The number of aryl methyl sites for hydroxylation is 2. The number of nitrogens with zero attached hydrogens (tertiary/aromatic N) is 2. The summed E-state index contributed by atoms with van der Waals surface area (Å²) >= 11 is 0. The van der Waals surface area contributed by atoms with Crippen molar-refractivity contribution >= 4 is 5.82 Å². The smallest absolute Gasteiger partial charge is 0.145 e. The van der Waals surface area contributed by atoms with Crippen molar-refractivity contribution in [1.29, 1.82) is 0 Å². The van der Waals surface area contributed by atoms with E-state index in [9.17, 15) is 0 Å². The lowest BCUT2D eigenvalue weighted by atomic mass is 9.89. The van der Waals surface area contributed by atoms with Gasteiger partial charge < -0.3 is 10.5 Å². The Morgan fingerprint density at radius 3 is 2.03 bits per heavy atom. The topological polar surface area (TPSA) is 61.0 Å². The average Bonchev–Trinajstić information content (AvgIpc) is 3.27. The summed E-state index contributed by atoms with van der Waals surface area (Å²) in [5.74, 6) is 2.26. The number of unbranched alkanes of at least 4 members (excludes halogenated alkanes) is 2. The van der Waals surface area contributed by atoms with Crippen LogP contribution >= 0.6 is 0 Å². The summed E-state index contributed by atoms with van der Waals surface area (Å²) in [4.78, 5) is 10.4. The predicted molar refractivity (Wildman–Crippen MR) is 136 cm³/mol. The Morgan fingerprint density at radius 2 is 1.47 bits per heavy atom. The van der Waals surface area contributed by atoms with Crippen molar-refractivity contribution in [3.63, 3.8) is 0 Å². The highest BCUT2D eigenvalue weighted by molar-refractivity contribution is 5.73. The van der Waals surface area contributed by atoms with Crippen LogP contribution in [0.15, 0.2) is 12.1 Å². The van der Waals surface area contributed by atoms with Crippen LogP contribution < -0.4 is 10.5 Å². The van der Waals surface area contributed by atoms with Crippen LogP contribution in [0.3, 0.4) is 0 Å². The van der Waals surface area contributed by atoms with Gasteiger partial charge in [-0.2, -0.15) is 0 Å². The van der Waals surface area contributed by atoms with E-state index in [0.29, 0.717) is 17.7 Å². The molecule has 3 rings (SSSR count). The molecule has 0 spiro atoms. The maximum absolute atomic E-state index is 6.59. The number of hydrogen-bond donors (Lipinski definition) is 1. The first-order valence-electron chi connectivity index (χ1n) is 12.9. The van der Waals surface area contributed by atoms with E-state index in [1.54, 1.807) is 7.11 Å². The average molecular weight is 438 g/mol. The lowest BCUT2D eigenvalue weighted by molar-refractivity contribution is 0.415. The fourth-order valence-corrected chi connectivity index (χ4v) is 5.18. The van der Waals surface area contributed by atoms with Crippen molar-refractivity contribution in [1.82, 2.24) is 9.97 Å². The van der Waals surface area contributed by atoms with Crippen molar-refractivity contribution in [3.05, 3.63) is 34.6 Å². The fraction of sp³-hybridized carbons (Fsp3) is 0.643. The van der Waals surface area contributed by atoms with Gasteiger partial charge in [0.15, 0.2) is 0 Å². The number of hydrogen-bond acceptors (Lipinski definition) is 4. The van der Waals surface area contributed by atoms with Crippen LogP contribution in [0.4, 0.5) is 5.82 Å². The quantitative estimate of drug-likeness (QED) is 0.371. The predicted octanol–water partition coefficient (Wildman–Crippen LogP) is 7.59. The summed E-state index contributed by atoms with van der Waals surface area (Å²) < 4.78 is 5.90. The Balaban J connectivity index is 2.19. The van der Waals surface area contributed by atoms with E-state index < -0.39 is 0 Å². The number of nitrogens with two attached hydrogens (primary N) is 1. The van der Waals surface area contributed by atoms with Crippen molar-refractivity contribution < 1.29 is 4.74 Å². The van der Waals surface area contributed by atoms with Gasteiger partial charge in [0.25, 0.3) is 0 Å². The van der Waals surface area contributed by atoms with Gasteiger partial charge in [-0.3, -0.25) is 0 Å². The van der Waals surface area contributed by atoms with E-state index in [2.05, 4.69) is 39.8 Å². The Hall–Kier alpha value is -2.10. The molecular formula is C28H43N3O. The van der Waals surface area contributed by atoms with Gasteiger partial charge in [-0.05, 0) is 68.2 Å². The van der Waals surface area contributed by atoms with E-state index in [4.69, 9.17) is 20.4 Å². The van der Waals surface area contributed by atoms with E-state index >= 15 is 0 Å². The molecule has 4 nitrogen and oxygen atoms in total. The molecule has 0 fully saturated rings. The molecule has 0 bridgehead atoms. The molecular weight excluding hydrogens is 394 g/mol. The molecule has 1 aliphatic carbocycles. The number of benzene rings is 1. The number of aromatic nitrogens is 2. The number of methoxy groups -OCH3 is 1. The van der Waals surface area contributed by atoms with Gasteiger partial charge >= 0.3 is 0 Å². The van der Waals surface area contributed by atoms with Crippen LogP contribution in [0.2, 0.25) is 0 Å². The van der Waals surface area contributed by atoms with Crippen LogP contribution in [0.5, 0.6) is 5.75 Å². The lowest BCUT2D eigenvalue weighted by Crippen LogP contribution is -2.14. The maximum Gasteiger partial charge on any atom is 0.145 e. The molecule has 2 unspecified atom stereocenters. The number of rotatable bonds is 12. The second kappa shape index (κ2) is 11.7. The zero-order valence-electron chi connectivity index (χ0n) is 21.0. The second-order valence-electron chi connectivity index (χ2n) is 9.40. The highest BCUT2D eigenvalue weighted by Gasteiger charge is 2.26. The van der Waals surface area contributed by atoms with Crippen molar-refractivity contribution in [2.75, 3.05) is 12.8 Å². The minimum atomic E-state index is 0.353. The molecule has 1 aromatic carbocycles. The monoisotopic (exact) mass is 437 g/mol. The first-order chi connectivity index (χ1) is 15.6. The molecule has 0 saturated heterocycles. The Kier molecular flexibility index (Phi) is 8.95. The largest absolute Gasteiger partial charge is 0.496 e. The third kappa shape index (κ3) is 5.27. The number of fused-ring (bicyclic) bond motifs is 1. The molecule has 2 N–H and O–H groups in total. The van der Waals surface area contributed by atoms with Crippen LogP contribution in [0.1, 0.15) is 120 Å². The highest BCUT2D eigenvalue weighted by Crippen LogP contribution is 2.41. The summed E-state index contributed by atoms with van der Waals surface area (Å²) in [6.07, 6.45) is 12.5. The summed E-state index contributed by atoms with van der Waals surface area (Å²) in [6.45, 7) is 8.98. The summed E-state index contributed by atoms with van der Waals surface area (Å²) in [5.41, 5.74) is 13.6. The van der Waals surface area contributed by atoms with Crippen LogP contribution in [0.25, 0.3) is 11.3 Å². The van der Waals surface area contributed by atoms with E-state index in [1.807, 2.05) is 0 Å². The lowest BCUT2D eigenvalue weighted by Gasteiger charge is -2.23. The minimum Gasteiger partial charge on any atom is -0.496 e. The van der Waals surface area contributed by atoms with Gasteiger partial charge in [-0.25, -0.2) is 9.97 Å². The maximum atomic E-state index is 6.59. The van der Waals surface area contributed by atoms with Crippen LogP contribution in [-0.2, 0) is 12.8 Å². The fourth-order valence-electron chi connectivity index (χ4n) is 5.18. The molecule has 2 aromatic rings. The third-order valence-electron chi connectivity index (χ3n) is 7.22.